The zero-order valence-electron chi connectivity index (χ0n) is 8.10. The molecule has 3 N–H and O–H groups in total. The number of ether oxygens (including phenoxy) is 1. The van der Waals surface area contributed by atoms with Gasteiger partial charge in [-0.25, -0.2) is 4.79 Å². The number of rotatable bonds is 4. The van der Waals surface area contributed by atoms with E-state index < -0.39 is 17.5 Å². The molecule has 0 saturated carbocycles. The van der Waals surface area contributed by atoms with Crippen LogP contribution in [0.1, 0.15) is 12.5 Å². The molecule has 0 spiro atoms. The molecule has 0 aromatic carbocycles. The minimum Gasteiger partial charge on any atom is -0.463 e. The summed E-state index contributed by atoms with van der Waals surface area (Å²) in [5.74, 6) is -2.18. The van der Waals surface area contributed by atoms with Crippen LogP contribution in [0.4, 0.5) is 0 Å². The van der Waals surface area contributed by atoms with Crippen LogP contribution in [0.2, 0.25) is 0 Å². The minimum absolute atomic E-state index is 0.0680. The maximum Gasteiger partial charge on any atom is 0.353 e. The lowest BCUT2D eigenvalue weighted by molar-refractivity contribution is -0.171. The summed E-state index contributed by atoms with van der Waals surface area (Å²) in [7, 11) is 0. The summed E-state index contributed by atoms with van der Waals surface area (Å²) in [5.41, 5.74) is 2.77. The van der Waals surface area contributed by atoms with E-state index in [1.165, 1.54) is 22.8 Å². The summed E-state index contributed by atoms with van der Waals surface area (Å²) in [6.07, 6.45) is 0. The van der Waals surface area contributed by atoms with Crippen molar-refractivity contribution in [3.63, 3.8) is 0 Å². The first kappa shape index (κ1) is 11.7. The third-order valence-corrected chi connectivity index (χ3v) is 2.55. The highest BCUT2D eigenvalue weighted by atomic mass is 32.1. The molecule has 1 atom stereocenters. The van der Waals surface area contributed by atoms with Crippen molar-refractivity contribution >= 4 is 23.2 Å². The highest BCUT2D eigenvalue weighted by Crippen LogP contribution is 2.24. The Balaban J connectivity index is 3.10. The van der Waals surface area contributed by atoms with E-state index in [-0.39, 0.29) is 12.2 Å². The summed E-state index contributed by atoms with van der Waals surface area (Å²) in [4.78, 5) is 22.5. The number of hydrogen-bond donors (Lipinski definition) is 2. The fourth-order valence-electron chi connectivity index (χ4n) is 1.07. The monoisotopic (exact) mass is 229 g/mol. The molecule has 1 heterocycles. The number of amides is 1. The number of esters is 1. The average Bonchev–Trinajstić information content (AvgIpc) is 2.69. The molecule has 5 nitrogen and oxygen atoms in total. The van der Waals surface area contributed by atoms with Gasteiger partial charge in [-0.2, -0.15) is 11.3 Å². The zero-order chi connectivity index (χ0) is 11.5. The molecule has 1 aromatic heterocycles. The van der Waals surface area contributed by atoms with Gasteiger partial charge in [0, 0.05) is 5.56 Å². The number of nitrogens with two attached hydrogens (primary N) is 1. The molecule has 6 heteroatoms. The van der Waals surface area contributed by atoms with Crippen molar-refractivity contribution in [3.05, 3.63) is 22.4 Å². The third kappa shape index (κ3) is 2.00. The molecule has 1 rings (SSSR count). The summed E-state index contributed by atoms with van der Waals surface area (Å²) in [6.45, 7) is 1.64. The van der Waals surface area contributed by atoms with Gasteiger partial charge in [0.1, 0.15) is 0 Å². The summed E-state index contributed by atoms with van der Waals surface area (Å²) >= 11 is 1.24. The molecule has 0 aliphatic carbocycles. The first-order valence-electron chi connectivity index (χ1n) is 4.25. The maximum atomic E-state index is 11.4. The number of aliphatic hydroxyl groups is 1. The fourth-order valence-corrected chi connectivity index (χ4v) is 1.77. The Morgan fingerprint density at radius 2 is 2.33 bits per heavy atom. The topological polar surface area (TPSA) is 89.6 Å². The maximum absolute atomic E-state index is 11.4. The first-order chi connectivity index (χ1) is 7.03. The Morgan fingerprint density at radius 1 is 1.67 bits per heavy atom. The van der Waals surface area contributed by atoms with Gasteiger partial charge >= 0.3 is 5.97 Å². The highest BCUT2D eigenvalue weighted by Gasteiger charge is 2.46. The molecule has 0 radical (unpaired) electrons. The molecule has 0 aliphatic rings. The van der Waals surface area contributed by atoms with Crippen LogP contribution in [0.5, 0.6) is 0 Å². The number of hydrogen-bond acceptors (Lipinski definition) is 5. The van der Waals surface area contributed by atoms with Crippen LogP contribution in [0.25, 0.3) is 0 Å². The van der Waals surface area contributed by atoms with E-state index in [1.807, 2.05) is 0 Å². The van der Waals surface area contributed by atoms with Crippen LogP contribution < -0.4 is 5.73 Å². The van der Waals surface area contributed by atoms with Gasteiger partial charge in [0.25, 0.3) is 11.5 Å². The van der Waals surface area contributed by atoms with Gasteiger partial charge in [-0.1, -0.05) is 0 Å². The van der Waals surface area contributed by atoms with E-state index in [1.54, 1.807) is 12.3 Å². The fraction of sp³-hybridized carbons (Fsp3) is 0.333. The van der Waals surface area contributed by atoms with Gasteiger partial charge in [-0.15, -0.1) is 0 Å². The van der Waals surface area contributed by atoms with Crippen molar-refractivity contribution < 1.29 is 19.4 Å². The molecule has 0 bridgehead atoms. The molecule has 1 amide bonds. The predicted molar refractivity (Wildman–Crippen MR) is 54.0 cm³/mol. The second-order valence-corrected chi connectivity index (χ2v) is 3.59. The Hall–Kier alpha value is -1.40. The first-order valence-corrected chi connectivity index (χ1v) is 5.20. The zero-order valence-corrected chi connectivity index (χ0v) is 8.91. The smallest absolute Gasteiger partial charge is 0.353 e. The normalized spacial score (nSPS) is 14.3. The molecule has 0 aliphatic heterocycles. The van der Waals surface area contributed by atoms with E-state index in [0.717, 1.165) is 0 Å². The van der Waals surface area contributed by atoms with E-state index in [2.05, 4.69) is 4.74 Å². The summed E-state index contributed by atoms with van der Waals surface area (Å²) in [5, 5.41) is 13.0. The Morgan fingerprint density at radius 3 is 2.73 bits per heavy atom. The molecule has 0 unspecified atom stereocenters. The molecule has 82 valence electrons. The lowest BCUT2D eigenvalue weighted by atomic mass is 9.96. The van der Waals surface area contributed by atoms with Crippen LogP contribution in [0.15, 0.2) is 16.8 Å². The van der Waals surface area contributed by atoms with Crippen molar-refractivity contribution in [3.8, 4) is 0 Å². The molecule has 15 heavy (non-hydrogen) atoms. The van der Waals surface area contributed by atoms with Crippen molar-refractivity contribution in [2.45, 2.75) is 12.5 Å². The number of carbonyl (C=O) groups is 2. The van der Waals surface area contributed by atoms with Gasteiger partial charge in [0.05, 0.1) is 6.61 Å². The molecule has 1 aromatic rings. The van der Waals surface area contributed by atoms with Gasteiger partial charge in [0.2, 0.25) is 0 Å². The van der Waals surface area contributed by atoms with E-state index >= 15 is 0 Å². The van der Waals surface area contributed by atoms with Gasteiger partial charge in [-0.3, -0.25) is 4.79 Å². The second kappa shape index (κ2) is 4.41. The third-order valence-electron chi connectivity index (χ3n) is 1.87. The number of primary amides is 1. The SMILES string of the molecule is CCOC(=O)[C@@](O)(C(N)=O)c1ccsc1. The van der Waals surface area contributed by atoms with Crippen molar-refractivity contribution in [1.29, 1.82) is 0 Å². The summed E-state index contributed by atoms with van der Waals surface area (Å²) < 4.78 is 4.61. The second-order valence-electron chi connectivity index (χ2n) is 2.81. The van der Waals surface area contributed by atoms with Crippen molar-refractivity contribution in [1.82, 2.24) is 0 Å². The van der Waals surface area contributed by atoms with E-state index in [4.69, 9.17) is 5.73 Å². The highest BCUT2D eigenvalue weighted by molar-refractivity contribution is 7.08. The minimum atomic E-state index is -2.38. The predicted octanol–water partition coefficient (Wildman–Crippen LogP) is -0.0159. The number of carbonyl (C=O) groups excluding carboxylic acids is 2. The van der Waals surface area contributed by atoms with Gasteiger partial charge < -0.3 is 15.6 Å². The van der Waals surface area contributed by atoms with E-state index in [9.17, 15) is 14.7 Å². The van der Waals surface area contributed by atoms with Crippen LogP contribution in [-0.4, -0.2) is 23.6 Å². The quantitative estimate of drug-likeness (QED) is 0.561. The van der Waals surface area contributed by atoms with Crippen LogP contribution in [0.3, 0.4) is 0 Å². The Labute approximate surface area is 90.5 Å². The Kier molecular flexibility index (Phi) is 3.43. The standard InChI is InChI=1S/C9H11NO4S/c1-2-14-8(12)9(13,7(10)11)6-3-4-15-5-6/h3-5,13H,2H2,1H3,(H2,10,11)/t9-/m0/s1. The molecular formula is C9H11NO4S. The molecular weight excluding hydrogens is 218 g/mol. The summed E-state index contributed by atoms with van der Waals surface area (Å²) in [6, 6.07) is 1.45. The number of thiophene rings is 1. The Bertz CT molecular complexity index is 362. The van der Waals surface area contributed by atoms with Crippen molar-refractivity contribution in [2.24, 2.45) is 5.73 Å². The van der Waals surface area contributed by atoms with Gasteiger partial charge in [-0.05, 0) is 23.8 Å². The van der Waals surface area contributed by atoms with Gasteiger partial charge in [0.15, 0.2) is 0 Å². The van der Waals surface area contributed by atoms with Crippen LogP contribution >= 0.6 is 11.3 Å². The lowest BCUT2D eigenvalue weighted by Gasteiger charge is -2.20. The van der Waals surface area contributed by atoms with E-state index in [0.29, 0.717) is 0 Å². The molecule has 0 saturated heterocycles. The lowest BCUT2D eigenvalue weighted by Crippen LogP contribution is -2.48. The largest absolute Gasteiger partial charge is 0.463 e. The molecule has 0 fully saturated rings. The van der Waals surface area contributed by atoms with Crippen LogP contribution in [0, 0.1) is 0 Å². The van der Waals surface area contributed by atoms with Crippen LogP contribution in [-0.2, 0) is 19.9 Å². The average molecular weight is 229 g/mol. The van der Waals surface area contributed by atoms with Crippen molar-refractivity contribution in [2.75, 3.05) is 6.61 Å².